The van der Waals surface area contributed by atoms with E-state index in [0.29, 0.717) is 12.8 Å². The second-order valence-electron chi connectivity index (χ2n) is 4.81. The molecule has 0 rings (SSSR count). The molecule has 0 spiro atoms. The Balaban J connectivity index is 3.80. The quantitative estimate of drug-likeness (QED) is 0.257. The fraction of sp³-hybridized carbons (Fsp3) is 1.00. The van der Waals surface area contributed by atoms with Gasteiger partial charge in [-0.1, -0.05) is 75.0 Å². The predicted molar refractivity (Wildman–Crippen MR) is 75.7 cm³/mol. The molecule has 0 aliphatic carbocycles. The number of halogens is 4. The molecule has 0 heterocycles. The van der Waals surface area contributed by atoms with Crippen molar-refractivity contribution in [1.29, 1.82) is 0 Å². The van der Waals surface area contributed by atoms with Crippen molar-refractivity contribution in [3.8, 4) is 0 Å². The summed E-state index contributed by atoms with van der Waals surface area (Å²) >= 11 is 2.01. The molecule has 1 unspecified atom stereocenters. The fourth-order valence-corrected chi connectivity index (χ4v) is 2.79. The molecular formula is C13H24F3I. The molecule has 0 aliphatic rings. The van der Waals surface area contributed by atoms with Gasteiger partial charge >= 0.3 is 6.18 Å². The first-order valence-electron chi connectivity index (χ1n) is 6.58. The van der Waals surface area contributed by atoms with Gasteiger partial charge < -0.3 is 0 Å². The molecule has 0 bridgehead atoms. The van der Waals surface area contributed by atoms with Crippen molar-refractivity contribution in [3.05, 3.63) is 0 Å². The molecular weight excluding hydrogens is 340 g/mol. The highest BCUT2D eigenvalue weighted by atomic mass is 127. The highest BCUT2D eigenvalue weighted by Gasteiger charge is 2.39. The highest BCUT2D eigenvalue weighted by molar-refractivity contribution is 14.1. The third kappa shape index (κ3) is 10.2. The summed E-state index contributed by atoms with van der Waals surface area (Å²) in [5, 5.41) is 0. The van der Waals surface area contributed by atoms with Gasteiger partial charge in [0.05, 0.1) is 6.42 Å². The predicted octanol–water partition coefficient (Wildman–Crippen LogP) is 6.27. The zero-order chi connectivity index (χ0) is 13.4. The number of rotatable bonds is 9. The van der Waals surface area contributed by atoms with Gasteiger partial charge in [-0.3, -0.25) is 0 Å². The van der Waals surface area contributed by atoms with E-state index >= 15 is 0 Å². The van der Waals surface area contributed by atoms with Crippen molar-refractivity contribution in [2.45, 2.75) is 81.2 Å². The normalized spacial score (nSPS) is 15.9. The molecule has 0 radical (unpaired) electrons. The van der Waals surface area contributed by atoms with Crippen molar-refractivity contribution < 1.29 is 13.2 Å². The van der Waals surface area contributed by atoms with Crippen LogP contribution in [0.3, 0.4) is 0 Å². The van der Waals surface area contributed by atoms with E-state index in [1.54, 1.807) is 0 Å². The molecule has 1 atom stereocenters. The minimum atomic E-state index is -4.03. The molecule has 0 saturated heterocycles. The van der Waals surface area contributed by atoms with Gasteiger partial charge in [0, 0.05) is 3.42 Å². The van der Waals surface area contributed by atoms with Crippen LogP contribution < -0.4 is 0 Å². The van der Waals surface area contributed by atoms with Crippen LogP contribution in [0.2, 0.25) is 0 Å². The van der Waals surface area contributed by atoms with E-state index in [1.807, 2.05) is 29.5 Å². The van der Waals surface area contributed by atoms with Crippen LogP contribution in [0.1, 0.15) is 71.6 Å². The first kappa shape index (κ1) is 17.5. The molecule has 0 saturated carbocycles. The maximum absolute atomic E-state index is 12.4. The maximum atomic E-state index is 12.4. The average molecular weight is 364 g/mol. The molecule has 0 aromatic carbocycles. The number of unbranched alkanes of at least 4 members (excludes halogenated alkanes) is 5. The van der Waals surface area contributed by atoms with E-state index in [9.17, 15) is 13.2 Å². The molecule has 17 heavy (non-hydrogen) atoms. The third-order valence-corrected chi connectivity index (χ3v) is 4.81. The van der Waals surface area contributed by atoms with Gasteiger partial charge in [-0.2, -0.15) is 13.2 Å². The Hall–Kier alpha value is 0.520. The van der Waals surface area contributed by atoms with Gasteiger partial charge in [0.1, 0.15) is 0 Å². The van der Waals surface area contributed by atoms with E-state index in [2.05, 4.69) is 6.92 Å². The summed E-state index contributed by atoms with van der Waals surface area (Å²) in [4.78, 5) is 0. The SMILES string of the molecule is CCCCCCCCC(I)(CC)CC(F)(F)F. The Bertz CT molecular complexity index is 192. The second-order valence-corrected chi connectivity index (χ2v) is 7.10. The molecule has 0 aliphatic heterocycles. The first-order valence-corrected chi connectivity index (χ1v) is 7.66. The van der Waals surface area contributed by atoms with Gasteiger partial charge in [-0.15, -0.1) is 0 Å². The van der Waals surface area contributed by atoms with Crippen LogP contribution in [0, 0.1) is 0 Å². The summed E-state index contributed by atoms with van der Waals surface area (Å²) in [7, 11) is 0. The summed E-state index contributed by atoms with van der Waals surface area (Å²) in [5.74, 6) is 0. The van der Waals surface area contributed by atoms with Crippen LogP contribution >= 0.6 is 22.6 Å². The summed E-state index contributed by atoms with van der Waals surface area (Å²) < 4.78 is 36.6. The Morgan fingerprint density at radius 1 is 0.882 bits per heavy atom. The minimum Gasteiger partial charge on any atom is -0.171 e. The highest BCUT2D eigenvalue weighted by Crippen LogP contribution is 2.40. The summed E-state index contributed by atoms with van der Waals surface area (Å²) in [5.41, 5.74) is 0. The van der Waals surface area contributed by atoms with E-state index in [-0.39, 0.29) is 0 Å². The van der Waals surface area contributed by atoms with E-state index in [1.165, 1.54) is 19.3 Å². The largest absolute Gasteiger partial charge is 0.390 e. The molecule has 104 valence electrons. The Labute approximate surface area is 117 Å². The van der Waals surface area contributed by atoms with Crippen molar-refractivity contribution in [3.63, 3.8) is 0 Å². The van der Waals surface area contributed by atoms with Crippen LogP contribution in [0.4, 0.5) is 13.2 Å². The van der Waals surface area contributed by atoms with Crippen LogP contribution in [-0.2, 0) is 0 Å². The lowest BCUT2D eigenvalue weighted by Crippen LogP contribution is -2.27. The number of hydrogen-bond acceptors (Lipinski definition) is 0. The Kier molecular flexibility index (Phi) is 8.86. The number of hydrogen-bond donors (Lipinski definition) is 0. The van der Waals surface area contributed by atoms with Crippen LogP contribution in [-0.4, -0.2) is 9.60 Å². The lowest BCUT2D eigenvalue weighted by molar-refractivity contribution is -0.140. The molecule has 0 fully saturated rings. The van der Waals surface area contributed by atoms with E-state index < -0.39 is 16.0 Å². The summed E-state index contributed by atoms with van der Waals surface area (Å²) in [6, 6.07) is 0. The Morgan fingerprint density at radius 3 is 1.88 bits per heavy atom. The topological polar surface area (TPSA) is 0 Å². The molecule has 4 heteroatoms. The monoisotopic (exact) mass is 364 g/mol. The standard InChI is InChI=1S/C13H24F3I/c1-3-5-6-7-8-9-10-12(17,4-2)11-13(14,15)16/h3-11H2,1-2H3. The van der Waals surface area contributed by atoms with Crippen LogP contribution in [0.25, 0.3) is 0 Å². The molecule has 0 nitrogen and oxygen atoms in total. The zero-order valence-electron chi connectivity index (χ0n) is 10.9. The van der Waals surface area contributed by atoms with E-state index in [4.69, 9.17) is 0 Å². The zero-order valence-corrected chi connectivity index (χ0v) is 13.0. The van der Waals surface area contributed by atoms with Crippen molar-refractivity contribution in [1.82, 2.24) is 0 Å². The maximum Gasteiger partial charge on any atom is 0.390 e. The lowest BCUT2D eigenvalue weighted by atomic mass is 9.94. The Morgan fingerprint density at radius 2 is 1.41 bits per heavy atom. The van der Waals surface area contributed by atoms with Gasteiger partial charge in [0.25, 0.3) is 0 Å². The first-order chi connectivity index (χ1) is 7.83. The summed E-state index contributed by atoms with van der Waals surface area (Å²) in [6.45, 7) is 4.02. The third-order valence-electron chi connectivity index (χ3n) is 3.13. The smallest absolute Gasteiger partial charge is 0.171 e. The molecule has 0 aromatic heterocycles. The van der Waals surface area contributed by atoms with Crippen molar-refractivity contribution in [2.24, 2.45) is 0 Å². The average Bonchev–Trinajstić information content (AvgIpc) is 2.21. The van der Waals surface area contributed by atoms with Gasteiger partial charge in [-0.05, 0) is 12.8 Å². The minimum absolute atomic E-state index is 0.583. The van der Waals surface area contributed by atoms with Gasteiger partial charge in [-0.25, -0.2) is 0 Å². The van der Waals surface area contributed by atoms with Crippen LogP contribution in [0.15, 0.2) is 0 Å². The molecule has 0 amide bonds. The molecule has 0 N–H and O–H groups in total. The molecule has 0 aromatic rings. The van der Waals surface area contributed by atoms with Crippen molar-refractivity contribution >= 4 is 22.6 Å². The number of alkyl halides is 4. The van der Waals surface area contributed by atoms with Crippen LogP contribution in [0.5, 0.6) is 0 Å². The lowest BCUT2D eigenvalue weighted by Gasteiger charge is -2.27. The van der Waals surface area contributed by atoms with Gasteiger partial charge in [0.15, 0.2) is 0 Å². The van der Waals surface area contributed by atoms with E-state index in [0.717, 1.165) is 19.3 Å². The fourth-order valence-electron chi connectivity index (χ4n) is 1.97. The second kappa shape index (κ2) is 8.59. The van der Waals surface area contributed by atoms with Gasteiger partial charge in [0.2, 0.25) is 0 Å². The van der Waals surface area contributed by atoms with Crippen molar-refractivity contribution in [2.75, 3.05) is 0 Å². The summed E-state index contributed by atoms with van der Waals surface area (Å²) in [6.07, 6.45) is 3.44.